The molecule has 194 valence electrons. The van der Waals surface area contributed by atoms with Crippen LogP contribution < -0.4 is 15.8 Å². The number of nitrogen functional groups attached to an aromatic ring is 1. The number of rotatable bonds is 7. The van der Waals surface area contributed by atoms with E-state index in [1.54, 1.807) is 41.9 Å². The number of amides is 1. The Bertz CT molecular complexity index is 1550. The summed E-state index contributed by atoms with van der Waals surface area (Å²) in [6.45, 7) is 7.69. The third kappa shape index (κ3) is 5.95. The van der Waals surface area contributed by atoms with E-state index in [1.807, 2.05) is 45.0 Å². The van der Waals surface area contributed by atoms with Crippen molar-refractivity contribution in [2.24, 2.45) is 5.41 Å². The van der Waals surface area contributed by atoms with Gasteiger partial charge < -0.3 is 15.8 Å². The number of ether oxygens (including phenoxy) is 1. The molecule has 0 aliphatic rings. The summed E-state index contributed by atoms with van der Waals surface area (Å²) in [6.07, 6.45) is 2.92. The van der Waals surface area contributed by atoms with E-state index < -0.39 is 17.8 Å². The zero-order valence-corrected chi connectivity index (χ0v) is 21.6. The number of nitrogens with one attached hydrogen (secondary N) is 1. The van der Waals surface area contributed by atoms with Crippen molar-refractivity contribution < 1.29 is 13.9 Å². The Morgan fingerprint density at radius 2 is 1.95 bits per heavy atom. The second-order valence-corrected chi connectivity index (χ2v) is 9.96. The summed E-state index contributed by atoms with van der Waals surface area (Å²) in [5, 5.41) is 17.2. The van der Waals surface area contributed by atoms with Crippen LogP contribution in [0.1, 0.15) is 27.7 Å². The first kappa shape index (κ1) is 26.3. The van der Waals surface area contributed by atoms with Gasteiger partial charge in [-0.1, -0.05) is 45.0 Å². The summed E-state index contributed by atoms with van der Waals surface area (Å²) in [4.78, 5) is 21.0. The SMILES string of the molecule is C[C@H](Cn1nc(-c2ccc(Oc3ccccc3)cc2F)c2c(N)ncnc21)NC(=O)C(C#N)=CC(C)(C)C. The summed E-state index contributed by atoms with van der Waals surface area (Å²) in [5.41, 5.74) is 6.71. The van der Waals surface area contributed by atoms with Crippen molar-refractivity contribution in [1.82, 2.24) is 25.1 Å². The van der Waals surface area contributed by atoms with Gasteiger partial charge in [0.1, 0.15) is 46.8 Å². The van der Waals surface area contributed by atoms with Gasteiger partial charge in [-0.3, -0.25) is 4.79 Å². The smallest absolute Gasteiger partial charge is 0.261 e. The molecule has 4 aromatic rings. The minimum Gasteiger partial charge on any atom is -0.457 e. The average Bonchev–Trinajstić information content (AvgIpc) is 3.21. The lowest BCUT2D eigenvalue weighted by atomic mass is 9.93. The number of allylic oxidation sites excluding steroid dienone is 1. The molecule has 1 atom stereocenters. The van der Waals surface area contributed by atoms with Crippen LogP contribution in [0.3, 0.4) is 0 Å². The Morgan fingerprint density at radius 1 is 1.21 bits per heavy atom. The number of nitriles is 1. The minimum absolute atomic E-state index is 0.0295. The van der Waals surface area contributed by atoms with Gasteiger partial charge in [-0.25, -0.2) is 19.0 Å². The standard InChI is InChI=1S/C28H28FN7O2/c1-17(34-27(37)18(14-30)13-28(2,3)4)15-36-26-23(25(31)32-16-33-26)24(35-36)21-11-10-20(12-22(21)29)38-19-8-6-5-7-9-19/h5-13,16-17H,15H2,1-4H3,(H,34,37)(H2,31,32,33)/t17-/m1/s1. The maximum atomic E-state index is 15.3. The van der Waals surface area contributed by atoms with Crippen LogP contribution in [0.4, 0.5) is 10.2 Å². The van der Waals surface area contributed by atoms with Crippen molar-refractivity contribution in [2.45, 2.75) is 40.3 Å². The fraction of sp³-hybridized carbons (Fsp3) is 0.250. The number of para-hydroxylation sites is 1. The minimum atomic E-state index is -0.555. The summed E-state index contributed by atoms with van der Waals surface area (Å²) >= 11 is 0. The number of halogens is 1. The molecule has 38 heavy (non-hydrogen) atoms. The van der Waals surface area contributed by atoms with E-state index in [0.29, 0.717) is 22.5 Å². The van der Waals surface area contributed by atoms with Gasteiger partial charge in [-0.15, -0.1) is 0 Å². The first-order valence-electron chi connectivity index (χ1n) is 12.0. The second kappa shape index (κ2) is 10.7. The molecule has 2 aromatic heterocycles. The highest BCUT2D eigenvalue weighted by molar-refractivity contribution is 5.99. The topological polar surface area (TPSA) is 132 Å². The number of aromatic nitrogens is 4. The van der Waals surface area contributed by atoms with E-state index >= 15 is 4.39 Å². The molecule has 10 heteroatoms. The number of nitrogens with two attached hydrogens (primary N) is 1. The number of carbonyl (C=O) groups excluding carboxylic acids is 1. The number of nitrogens with zero attached hydrogens (tertiary/aromatic N) is 5. The summed E-state index contributed by atoms with van der Waals surface area (Å²) in [5.74, 6) is 0.0245. The van der Waals surface area contributed by atoms with E-state index in [2.05, 4.69) is 20.4 Å². The molecule has 4 rings (SSSR count). The molecule has 0 spiro atoms. The van der Waals surface area contributed by atoms with Gasteiger partial charge >= 0.3 is 0 Å². The van der Waals surface area contributed by atoms with Gasteiger partial charge in [0.05, 0.1) is 11.9 Å². The lowest BCUT2D eigenvalue weighted by molar-refractivity contribution is -0.117. The van der Waals surface area contributed by atoms with Gasteiger partial charge in [0.25, 0.3) is 5.91 Å². The molecule has 0 bridgehead atoms. The first-order chi connectivity index (χ1) is 18.1. The molecule has 3 N–H and O–H groups in total. The van der Waals surface area contributed by atoms with Crippen LogP contribution >= 0.6 is 0 Å². The Kier molecular flexibility index (Phi) is 7.39. The highest BCUT2D eigenvalue weighted by atomic mass is 19.1. The van der Waals surface area contributed by atoms with Crippen molar-refractivity contribution in [3.63, 3.8) is 0 Å². The van der Waals surface area contributed by atoms with Crippen LogP contribution in [0.5, 0.6) is 11.5 Å². The fourth-order valence-electron chi connectivity index (χ4n) is 3.91. The van der Waals surface area contributed by atoms with Gasteiger partial charge in [0.15, 0.2) is 5.65 Å². The number of fused-ring (bicyclic) bond motifs is 1. The van der Waals surface area contributed by atoms with Crippen LogP contribution in [-0.4, -0.2) is 31.7 Å². The van der Waals surface area contributed by atoms with Crippen LogP contribution in [0, 0.1) is 22.6 Å². The molecule has 2 aromatic carbocycles. The molecule has 0 saturated heterocycles. The molecule has 1 amide bonds. The summed E-state index contributed by atoms with van der Waals surface area (Å²) in [7, 11) is 0. The maximum Gasteiger partial charge on any atom is 0.261 e. The van der Waals surface area contributed by atoms with Crippen molar-refractivity contribution in [2.75, 3.05) is 5.73 Å². The van der Waals surface area contributed by atoms with Crippen LogP contribution in [0.2, 0.25) is 0 Å². The Hall–Kier alpha value is -4.78. The van der Waals surface area contributed by atoms with Crippen molar-refractivity contribution >= 4 is 22.8 Å². The molecule has 0 radical (unpaired) electrons. The van der Waals surface area contributed by atoms with E-state index in [4.69, 9.17) is 10.5 Å². The Labute approximate surface area is 219 Å². The molecular weight excluding hydrogens is 485 g/mol. The van der Waals surface area contributed by atoms with E-state index in [0.717, 1.165) is 0 Å². The third-order valence-electron chi connectivity index (χ3n) is 5.50. The lowest BCUT2D eigenvalue weighted by Gasteiger charge is -2.16. The number of anilines is 1. The molecule has 0 fully saturated rings. The monoisotopic (exact) mass is 513 g/mol. The van der Waals surface area contributed by atoms with Crippen molar-refractivity contribution in [3.05, 3.63) is 72.3 Å². The van der Waals surface area contributed by atoms with Gasteiger partial charge in [0.2, 0.25) is 0 Å². The first-order valence-corrected chi connectivity index (χ1v) is 12.0. The predicted molar refractivity (Wildman–Crippen MR) is 142 cm³/mol. The molecule has 0 unspecified atom stereocenters. The maximum absolute atomic E-state index is 15.3. The highest BCUT2D eigenvalue weighted by Crippen LogP contribution is 2.34. The number of carbonyl (C=O) groups is 1. The number of hydrogen-bond donors (Lipinski definition) is 2. The zero-order chi connectivity index (χ0) is 27.4. The van der Waals surface area contributed by atoms with E-state index in [1.165, 1.54) is 12.4 Å². The number of benzene rings is 2. The normalized spacial score (nSPS) is 12.7. The highest BCUT2D eigenvalue weighted by Gasteiger charge is 2.22. The summed E-state index contributed by atoms with van der Waals surface area (Å²) in [6, 6.07) is 15.1. The molecule has 9 nitrogen and oxygen atoms in total. The number of hydrogen-bond acceptors (Lipinski definition) is 7. The summed E-state index contributed by atoms with van der Waals surface area (Å²) < 4.78 is 22.6. The van der Waals surface area contributed by atoms with Crippen molar-refractivity contribution in [3.8, 4) is 28.8 Å². The quantitative estimate of drug-likeness (QED) is 0.262. The molecule has 0 aliphatic heterocycles. The zero-order valence-electron chi connectivity index (χ0n) is 21.6. The van der Waals surface area contributed by atoms with E-state index in [9.17, 15) is 10.1 Å². The Balaban J connectivity index is 1.63. The molecular formula is C28H28FN7O2. The lowest BCUT2D eigenvalue weighted by Crippen LogP contribution is -2.37. The van der Waals surface area contributed by atoms with Crippen LogP contribution in [0.25, 0.3) is 22.3 Å². The van der Waals surface area contributed by atoms with Gasteiger partial charge in [0, 0.05) is 17.7 Å². The molecule has 0 saturated carbocycles. The van der Waals surface area contributed by atoms with Gasteiger partial charge in [-0.05, 0) is 36.6 Å². The predicted octanol–water partition coefficient (Wildman–Crippen LogP) is 5.01. The molecule has 0 aliphatic carbocycles. The largest absolute Gasteiger partial charge is 0.457 e. The average molecular weight is 514 g/mol. The Morgan fingerprint density at radius 3 is 2.61 bits per heavy atom. The van der Waals surface area contributed by atoms with Crippen LogP contribution in [0.15, 0.2) is 66.5 Å². The van der Waals surface area contributed by atoms with Crippen molar-refractivity contribution in [1.29, 1.82) is 5.26 Å². The van der Waals surface area contributed by atoms with Gasteiger partial charge in [-0.2, -0.15) is 10.4 Å². The third-order valence-corrected chi connectivity index (χ3v) is 5.50. The molecule has 2 heterocycles. The second-order valence-electron chi connectivity index (χ2n) is 9.96. The van der Waals surface area contributed by atoms with E-state index in [-0.39, 0.29) is 34.6 Å². The fourth-order valence-corrected chi connectivity index (χ4v) is 3.91. The van der Waals surface area contributed by atoms with Crippen LogP contribution in [-0.2, 0) is 11.3 Å².